The van der Waals surface area contributed by atoms with Crippen LogP contribution in [0.4, 0.5) is 17.1 Å². The molecule has 7 aromatic rings. The van der Waals surface area contributed by atoms with Gasteiger partial charge in [-0.1, -0.05) is 121 Å². The number of hydrogen-bond acceptors (Lipinski definition) is 2. The average Bonchev–Trinajstić information content (AvgIpc) is 3.43. The van der Waals surface area contributed by atoms with Crippen LogP contribution in [0, 0.1) is 0 Å². The number of furan rings is 1. The second-order valence-corrected chi connectivity index (χ2v) is 9.77. The molecule has 1 aromatic heterocycles. The van der Waals surface area contributed by atoms with Gasteiger partial charge in [-0.05, 0) is 59.2 Å². The number of benzene rings is 6. The summed E-state index contributed by atoms with van der Waals surface area (Å²) >= 11 is 0. The minimum absolute atomic E-state index is 0.866. The predicted molar refractivity (Wildman–Crippen MR) is 167 cm³/mol. The van der Waals surface area contributed by atoms with Gasteiger partial charge in [0.05, 0.1) is 5.69 Å². The lowest BCUT2D eigenvalue weighted by atomic mass is 9.97. The van der Waals surface area contributed by atoms with Gasteiger partial charge < -0.3 is 9.32 Å². The first-order chi connectivity index (χ1) is 19.9. The van der Waals surface area contributed by atoms with Crippen molar-refractivity contribution >= 4 is 28.0 Å². The summed E-state index contributed by atoms with van der Waals surface area (Å²) in [6.45, 7) is 0. The molecule has 0 aliphatic carbocycles. The van der Waals surface area contributed by atoms with E-state index >= 15 is 0 Å². The van der Waals surface area contributed by atoms with Gasteiger partial charge in [-0.15, -0.1) is 0 Å². The van der Waals surface area contributed by atoms with E-state index in [-0.39, 0.29) is 0 Å². The predicted octanol–water partition coefficient (Wildman–Crippen LogP) is 10.9. The van der Waals surface area contributed by atoms with Crippen LogP contribution >= 0.6 is 0 Å². The SMILES string of the molecule is c1ccc(-c2ccc(N(c3ccccc3)c3ccccc3-c3oc4ccccc4c3-c3ccccc3)cc2)cc1. The normalized spacial score (nSPS) is 11.0. The molecule has 1 heterocycles. The van der Waals surface area contributed by atoms with Crippen molar-refractivity contribution in [3.05, 3.63) is 164 Å². The maximum Gasteiger partial charge on any atom is 0.145 e. The summed E-state index contributed by atoms with van der Waals surface area (Å²) in [4.78, 5) is 2.31. The molecule has 0 aliphatic heterocycles. The molecular formula is C38H27NO. The van der Waals surface area contributed by atoms with Crippen LogP contribution in [0.25, 0.3) is 44.5 Å². The van der Waals surface area contributed by atoms with E-state index in [1.807, 2.05) is 18.2 Å². The molecule has 2 nitrogen and oxygen atoms in total. The quantitative estimate of drug-likeness (QED) is 0.220. The molecule has 0 saturated heterocycles. The Hall–Kier alpha value is -5.34. The van der Waals surface area contributed by atoms with Gasteiger partial charge in [-0.2, -0.15) is 0 Å². The van der Waals surface area contributed by atoms with Gasteiger partial charge >= 0.3 is 0 Å². The Morgan fingerprint density at radius 3 is 1.65 bits per heavy atom. The molecule has 0 spiro atoms. The molecule has 0 saturated carbocycles. The summed E-state index contributed by atoms with van der Waals surface area (Å²) in [5, 5.41) is 1.11. The third-order valence-electron chi connectivity index (χ3n) is 7.29. The zero-order valence-corrected chi connectivity index (χ0v) is 21.9. The van der Waals surface area contributed by atoms with Crippen molar-refractivity contribution in [1.82, 2.24) is 0 Å². The van der Waals surface area contributed by atoms with Gasteiger partial charge in [-0.3, -0.25) is 0 Å². The fourth-order valence-corrected chi connectivity index (χ4v) is 5.43. The van der Waals surface area contributed by atoms with E-state index in [1.165, 1.54) is 11.1 Å². The summed E-state index contributed by atoms with van der Waals surface area (Å²) in [6.07, 6.45) is 0. The van der Waals surface area contributed by atoms with Crippen molar-refractivity contribution in [2.75, 3.05) is 4.90 Å². The van der Waals surface area contributed by atoms with Gasteiger partial charge in [0.15, 0.2) is 0 Å². The smallest absolute Gasteiger partial charge is 0.145 e. The summed E-state index contributed by atoms with van der Waals surface area (Å²) < 4.78 is 6.65. The molecule has 0 radical (unpaired) electrons. The lowest BCUT2D eigenvalue weighted by molar-refractivity contribution is 0.632. The highest BCUT2D eigenvalue weighted by Gasteiger charge is 2.23. The van der Waals surface area contributed by atoms with Gasteiger partial charge in [0.2, 0.25) is 0 Å². The van der Waals surface area contributed by atoms with Crippen LogP contribution in [-0.2, 0) is 0 Å². The molecule has 0 unspecified atom stereocenters. The molecule has 0 bridgehead atoms. The van der Waals surface area contributed by atoms with Gasteiger partial charge in [-0.25, -0.2) is 0 Å². The Bertz CT molecular complexity index is 1870. The first kappa shape index (κ1) is 23.8. The van der Waals surface area contributed by atoms with E-state index in [2.05, 4.69) is 150 Å². The van der Waals surface area contributed by atoms with Crippen LogP contribution in [0.15, 0.2) is 168 Å². The molecule has 0 N–H and O–H groups in total. The number of fused-ring (bicyclic) bond motifs is 1. The van der Waals surface area contributed by atoms with Crippen molar-refractivity contribution in [2.45, 2.75) is 0 Å². The van der Waals surface area contributed by atoms with E-state index < -0.39 is 0 Å². The number of rotatable bonds is 6. The van der Waals surface area contributed by atoms with Crippen molar-refractivity contribution < 1.29 is 4.42 Å². The third-order valence-corrected chi connectivity index (χ3v) is 7.29. The van der Waals surface area contributed by atoms with Crippen LogP contribution in [0.3, 0.4) is 0 Å². The van der Waals surface area contributed by atoms with Crippen molar-refractivity contribution in [3.63, 3.8) is 0 Å². The molecule has 6 aromatic carbocycles. The molecule has 0 amide bonds. The lowest BCUT2D eigenvalue weighted by Crippen LogP contribution is -2.11. The van der Waals surface area contributed by atoms with Crippen LogP contribution in [0.5, 0.6) is 0 Å². The highest BCUT2D eigenvalue weighted by molar-refractivity contribution is 6.04. The molecule has 40 heavy (non-hydrogen) atoms. The Morgan fingerprint density at radius 1 is 0.400 bits per heavy atom. The van der Waals surface area contributed by atoms with Gasteiger partial charge in [0, 0.05) is 27.9 Å². The van der Waals surface area contributed by atoms with Gasteiger partial charge in [0.25, 0.3) is 0 Å². The zero-order chi connectivity index (χ0) is 26.7. The van der Waals surface area contributed by atoms with Gasteiger partial charge in [0.1, 0.15) is 11.3 Å². The van der Waals surface area contributed by atoms with Crippen molar-refractivity contribution in [1.29, 1.82) is 0 Å². The van der Waals surface area contributed by atoms with Crippen molar-refractivity contribution in [2.24, 2.45) is 0 Å². The molecule has 7 rings (SSSR count). The second kappa shape index (κ2) is 10.4. The maximum atomic E-state index is 6.65. The monoisotopic (exact) mass is 513 g/mol. The first-order valence-corrected chi connectivity index (χ1v) is 13.5. The van der Waals surface area contributed by atoms with E-state index in [4.69, 9.17) is 4.42 Å². The number of nitrogens with zero attached hydrogens (tertiary/aromatic N) is 1. The Kier molecular flexibility index (Phi) is 6.20. The first-order valence-electron chi connectivity index (χ1n) is 13.5. The second-order valence-electron chi connectivity index (χ2n) is 9.77. The van der Waals surface area contributed by atoms with Crippen LogP contribution in [-0.4, -0.2) is 0 Å². The van der Waals surface area contributed by atoms with Crippen LogP contribution < -0.4 is 4.90 Å². The standard InChI is InChI=1S/C38H27NO/c1-4-14-28(15-5-1)29-24-26-32(27-25-29)39(31-18-8-3-9-19-31)35-22-12-10-20-33(35)38-37(30-16-6-2-7-17-30)34-21-11-13-23-36(34)40-38/h1-27H. The molecule has 0 fully saturated rings. The fraction of sp³-hybridized carbons (Fsp3) is 0. The number of para-hydroxylation sites is 3. The summed E-state index contributed by atoms with van der Waals surface area (Å²) in [6, 6.07) is 57.1. The van der Waals surface area contributed by atoms with E-state index in [0.29, 0.717) is 0 Å². The summed E-state index contributed by atoms with van der Waals surface area (Å²) in [5.41, 5.74) is 9.77. The summed E-state index contributed by atoms with van der Waals surface area (Å²) in [7, 11) is 0. The molecule has 0 atom stereocenters. The lowest BCUT2D eigenvalue weighted by Gasteiger charge is -2.27. The zero-order valence-electron chi connectivity index (χ0n) is 21.9. The molecule has 190 valence electrons. The van der Waals surface area contributed by atoms with E-state index in [1.54, 1.807) is 0 Å². The summed E-state index contributed by atoms with van der Waals surface area (Å²) in [5.74, 6) is 0.866. The third kappa shape index (κ3) is 4.36. The fourth-order valence-electron chi connectivity index (χ4n) is 5.43. The number of anilines is 3. The average molecular weight is 514 g/mol. The van der Waals surface area contributed by atoms with Crippen LogP contribution in [0.2, 0.25) is 0 Å². The molecule has 2 heteroatoms. The van der Waals surface area contributed by atoms with Crippen molar-refractivity contribution in [3.8, 4) is 33.6 Å². The maximum absolute atomic E-state index is 6.65. The van der Waals surface area contributed by atoms with E-state index in [9.17, 15) is 0 Å². The Labute approximate surface area is 234 Å². The molecular weight excluding hydrogens is 486 g/mol. The topological polar surface area (TPSA) is 16.4 Å². The Balaban J connectivity index is 1.43. The minimum Gasteiger partial charge on any atom is -0.455 e. The minimum atomic E-state index is 0.866. The number of hydrogen-bond donors (Lipinski definition) is 0. The Morgan fingerprint density at radius 2 is 0.925 bits per heavy atom. The van der Waals surface area contributed by atoms with Crippen LogP contribution in [0.1, 0.15) is 0 Å². The largest absolute Gasteiger partial charge is 0.455 e. The molecule has 0 aliphatic rings. The highest BCUT2D eigenvalue weighted by Crippen LogP contribution is 2.47. The van der Waals surface area contributed by atoms with E-state index in [0.717, 1.165) is 50.5 Å². The highest BCUT2D eigenvalue weighted by atomic mass is 16.3.